The number of rotatable bonds is 5. The molecule has 1 atom stereocenters. The minimum atomic E-state index is 0.107. The fourth-order valence-electron chi connectivity index (χ4n) is 3.49. The quantitative estimate of drug-likeness (QED) is 0.876. The predicted octanol–water partition coefficient (Wildman–Crippen LogP) is 2.72. The summed E-state index contributed by atoms with van der Waals surface area (Å²) in [6.07, 6.45) is 11.4. The molecule has 1 aromatic rings. The van der Waals surface area contributed by atoms with Gasteiger partial charge in [0, 0.05) is 25.2 Å². The monoisotopic (exact) mass is 290 g/mol. The van der Waals surface area contributed by atoms with Gasteiger partial charge in [-0.3, -0.25) is 9.48 Å². The van der Waals surface area contributed by atoms with E-state index in [1.54, 1.807) is 0 Å². The highest BCUT2D eigenvalue weighted by molar-refractivity contribution is 5.89. The number of hydrogen-bond acceptors (Lipinski definition) is 3. The Morgan fingerprint density at radius 2 is 2.19 bits per heavy atom. The van der Waals surface area contributed by atoms with Crippen LogP contribution in [0.4, 0.5) is 5.82 Å². The number of carbonyl (C=O) groups excluding carboxylic acids is 1. The molecule has 116 valence electrons. The van der Waals surface area contributed by atoms with E-state index < -0.39 is 0 Å². The van der Waals surface area contributed by atoms with E-state index >= 15 is 0 Å². The standard InChI is InChI=1S/C16H26N4O/c21-16(7-6-13-4-2-1-3-5-13)18-15-9-11-20(19-15)14-8-10-17-12-14/h9,11,13-14,17H,1-8,10,12H2,(H,18,19,21)/t14-/m0/s1. The highest BCUT2D eigenvalue weighted by Crippen LogP contribution is 2.27. The van der Waals surface area contributed by atoms with Crippen molar-refractivity contribution in [1.82, 2.24) is 15.1 Å². The predicted molar refractivity (Wildman–Crippen MR) is 83.2 cm³/mol. The van der Waals surface area contributed by atoms with Crippen molar-refractivity contribution in [2.75, 3.05) is 18.4 Å². The lowest BCUT2D eigenvalue weighted by Gasteiger charge is -2.20. The molecule has 2 aliphatic rings. The molecule has 2 fully saturated rings. The van der Waals surface area contributed by atoms with Gasteiger partial charge in [0.05, 0.1) is 6.04 Å². The van der Waals surface area contributed by atoms with Gasteiger partial charge < -0.3 is 10.6 Å². The van der Waals surface area contributed by atoms with Crippen molar-refractivity contribution in [3.05, 3.63) is 12.3 Å². The first-order valence-corrected chi connectivity index (χ1v) is 8.37. The molecule has 3 rings (SSSR count). The first kappa shape index (κ1) is 14.6. The van der Waals surface area contributed by atoms with Gasteiger partial charge in [-0.15, -0.1) is 0 Å². The lowest BCUT2D eigenvalue weighted by Crippen LogP contribution is -2.16. The lowest BCUT2D eigenvalue weighted by atomic mass is 9.86. The molecule has 21 heavy (non-hydrogen) atoms. The second-order valence-electron chi connectivity index (χ2n) is 6.42. The summed E-state index contributed by atoms with van der Waals surface area (Å²) in [5.41, 5.74) is 0. The summed E-state index contributed by atoms with van der Waals surface area (Å²) in [7, 11) is 0. The largest absolute Gasteiger partial charge is 0.315 e. The second kappa shape index (κ2) is 7.07. The maximum atomic E-state index is 12.0. The lowest BCUT2D eigenvalue weighted by molar-refractivity contribution is -0.116. The topological polar surface area (TPSA) is 59.0 Å². The van der Waals surface area contributed by atoms with Crippen LogP contribution in [0.5, 0.6) is 0 Å². The normalized spacial score (nSPS) is 23.3. The Morgan fingerprint density at radius 1 is 1.33 bits per heavy atom. The van der Waals surface area contributed by atoms with Crippen molar-refractivity contribution >= 4 is 11.7 Å². The number of anilines is 1. The van der Waals surface area contributed by atoms with Crippen LogP contribution in [-0.2, 0) is 4.79 Å². The zero-order valence-electron chi connectivity index (χ0n) is 12.7. The van der Waals surface area contributed by atoms with Crippen molar-refractivity contribution in [1.29, 1.82) is 0 Å². The Morgan fingerprint density at radius 3 is 2.95 bits per heavy atom. The molecule has 5 nitrogen and oxygen atoms in total. The van der Waals surface area contributed by atoms with E-state index in [0.717, 1.165) is 31.8 Å². The summed E-state index contributed by atoms with van der Waals surface area (Å²) in [6, 6.07) is 2.33. The van der Waals surface area contributed by atoms with E-state index in [-0.39, 0.29) is 5.91 Å². The summed E-state index contributed by atoms with van der Waals surface area (Å²) in [4.78, 5) is 12.0. The zero-order valence-corrected chi connectivity index (χ0v) is 12.7. The summed E-state index contributed by atoms with van der Waals surface area (Å²) >= 11 is 0. The van der Waals surface area contributed by atoms with Crippen LogP contribution < -0.4 is 10.6 Å². The Kier molecular flexibility index (Phi) is 4.91. The number of aromatic nitrogens is 2. The Hall–Kier alpha value is -1.36. The third kappa shape index (κ3) is 4.06. The number of carbonyl (C=O) groups is 1. The molecular weight excluding hydrogens is 264 g/mol. The summed E-state index contributed by atoms with van der Waals surface area (Å²) < 4.78 is 1.97. The third-order valence-electron chi connectivity index (χ3n) is 4.79. The molecule has 1 saturated heterocycles. The minimum Gasteiger partial charge on any atom is -0.315 e. The molecule has 0 aromatic carbocycles. The third-order valence-corrected chi connectivity index (χ3v) is 4.79. The van der Waals surface area contributed by atoms with Crippen molar-refractivity contribution in [3.63, 3.8) is 0 Å². The Labute approximate surface area is 126 Å². The van der Waals surface area contributed by atoms with Crippen LogP contribution in [0, 0.1) is 5.92 Å². The SMILES string of the molecule is O=C(CCC1CCCCC1)Nc1ccn([C@H]2CCNC2)n1. The van der Waals surface area contributed by atoms with E-state index in [0.29, 0.717) is 18.3 Å². The van der Waals surface area contributed by atoms with Gasteiger partial charge in [-0.25, -0.2) is 0 Å². The number of amides is 1. The van der Waals surface area contributed by atoms with E-state index in [1.807, 2.05) is 16.9 Å². The van der Waals surface area contributed by atoms with Gasteiger partial charge in [-0.2, -0.15) is 5.10 Å². The van der Waals surface area contributed by atoms with Crippen molar-refractivity contribution < 1.29 is 4.79 Å². The van der Waals surface area contributed by atoms with Gasteiger partial charge in [0.2, 0.25) is 5.91 Å². The number of nitrogens with one attached hydrogen (secondary N) is 2. The highest BCUT2D eigenvalue weighted by atomic mass is 16.1. The maximum absolute atomic E-state index is 12.0. The average Bonchev–Trinajstić information content (AvgIpc) is 3.17. The molecule has 0 radical (unpaired) electrons. The van der Waals surface area contributed by atoms with Crippen LogP contribution in [0.2, 0.25) is 0 Å². The van der Waals surface area contributed by atoms with Crippen LogP contribution in [-0.4, -0.2) is 28.8 Å². The number of hydrogen-bond donors (Lipinski definition) is 2. The van der Waals surface area contributed by atoms with Gasteiger partial charge in [0.15, 0.2) is 5.82 Å². The van der Waals surface area contributed by atoms with Crippen LogP contribution in [0.25, 0.3) is 0 Å². The molecule has 1 aliphatic carbocycles. The fourth-order valence-corrected chi connectivity index (χ4v) is 3.49. The van der Waals surface area contributed by atoms with Gasteiger partial charge >= 0.3 is 0 Å². The molecule has 2 N–H and O–H groups in total. The molecule has 1 aromatic heterocycles. The second-order valence-corrected chi connectivity index (χ2v) is 6.42. The first-order valence-electron chi connectivity index (χ1n) is 8.37. The minimum absolute atomic E-state index is 0.107. The van der Waals surface area contributed by atoms with E-state index in [1.165, 1.54) is 32.1 Å². The van der Waals surface area contributed by atoms with Crippen molar-refractivity contribution in [2.45, 2.75) is 57.4 Å². The van der Waals surface area contributed by atoms with Gasteiger partial charge in [-0.1, -0.05) is 32.1 Å². The average molecular weight is 290 g/mol. The van der Waals surface area contributed by atoms with Gasteiger partial charge in [0.25, 0.3) is 0 Å². The molecule has 1 aliphatic heterocycles. The summed E-state index contributed by atoms with van der Waals surface area (Å²) in [5, 5.41) is 10.7. The van der Waals surface area contributed by atoms with E-state index in [4.69, 9.17) is 0 Å². The Bertz CT molecular complexity index is 459. The summed E-state index contributed by atoms with van der Waals surface area (Å²) in [6.45, 7) is 2.02. The molecule has 5 heteroatoms. The highest BCUT2D eigenvalue weighted by Gasteiger charge is 2.18. The van der Waals surface area contributed by atoms with E-state index in [2.05, 4.69) is 15.7 Å². The van der Waals surface area contributed by atoms with Crippen molar-refractivity contribution in [3.8, 4) is 0 Å². The molecule has 1 amide bonds. The Balaban J connectivity index is 1.43. The molecule has 0 unspecified atom stereocenters. The molecule has 2 heterocycles. The van der Waals surface area contributed by atoms with Crippen molar-refractivity contribution in [2.24, 2.45) is 5.92 Å². The maximum Gasteiger partial charge on any atom is 0.225 e. The van der Waals surface area contributed by atoms with Crippen LogP contribution >= 0.6 is 0 Å². The molecular formula is C16H26N4O. The van der Waals surface area contributed by atoms with Crippen LogP contribution in [0.3, 0.4) is 0 Å². The van der Waals surface area contributed by atoms with Gasteiger partial charge in [-0.05, 0) is 25.3 Å². The van der Waals surface area contributed by atoms with Gasteiger partial charge in [0.1, 0.15) is 0 Å². The number of nitrogens with zero attached hydrogens (tertiary/aromatic N) is 2. The first-order chi connectivity index (χ1) is 10.3. The van der Waals surface area contributed by atoms with E-state index in [9.17, 15) is 4.79 Å². The smallest absolute Gasteiger partial charge is 0.225 e. The molecule has 0 spiro atoms. The summed E-state index contributed by atoms with van der Waals surface area (Å²) in [5.74, 6) is 1.55. The van der Waals surface area contributed by atoms with Crippen LogP contribution in [0.15, 0.2) is 12.3 Å². The molecule has 0 bridgehead atoms. The molecule has 1 saturated carbocycles. The van der Waals surface area contributed by atoms with Crippen LogP contribution in [0.1, 0.15) is 57.4 Å². The zero-order chi connectivity index (χ0) is 14.5. The fraction of sp³-hybridized carbons (Fsp3) is 0.750.